The monoisotopic (exact) mass is 393 g/mol. The van der Waals surface area contributed by atoms with Crippen molar-refractivity contribution < 1.29 is 9.90 Å². The van der Waals surface area contributed by atoms with Gasteiger partial charge in [0.25, 0.3) is 0 Å². The van der Waals surface area contributed by atoms with Crippen molar-refractivity contribution in [2.24, 2.45) is 5.92 Å². The van der Waals surface area contributed by atoms with Crippen molar-refractivity contribution in [1.82, 2.24) is 14.9 Å². The summed E-state index contributed by atoms with van der Waals surface area (Å²) in [5.74, 6) is 0.249. The first-order chi connectivity index (χ1) is 13.7. The summed E-state index contributed by atoms with van der Waals surface area (Å²) >= 11 is 1.57. The van der Waals surface area contributed by atoms with E-state index in [0.29, 0.717) is 25.2 Å². The lowest BCUT2D eigenvalue weighted by Crippen LogP contribution is -2.40. The molecule has 0 saturated carbocycles. The molecule has 5 nitrogen and oxygen atoms in total. The molecule has 3 aromatic rings. The Labute approximate surface area is 168 Å². The number of hydrogen-bond donors (Lipinski definition) is 1. The molecule has 1 aromatic carbocycles. The smallest absolute Gasteiger partial charge is 0.228 e. The van der Waals surface area contributed by atoms with Crippen LogP contribution in [0.3, 0.4) is 0 Å². The van der Waals surface area contributed by atoms with Crippen LogP contribution in [-0.2, 0) is 11.2 Å². The van der Waals surface area contributed by atoms with Crippen LogP contribution in [-0.4, -0.2) is 39.0 Å². The molecular formula is C22H23N3O2S. The maximum Gasteiger partial charge on any atom is 0.228 e. The first-order valence-corrected chi connectivity index (χ1v) is 10.5. The lowest BCUT2D eigenvalue weighted by molar-refractivity contribution is -0.132. The van der Waals surface area contributed by atoms with Crippen LogP contribution in [0.5, 0.6) is 0 Å². The van der Waals surface area contributed by atoms with Gasteiger partial charge in [-0.25, -0.2) is 4.98 Å². The average molecular weight is 394 g/mol. The number of thiazole rings is 1. The Morgan fingerprint density at radius 1 is 1.14 bits per heavy atom. The van der Waals surface area contributed by atoms with E-state index in [1.807, 2.05) is 58.8 Å². The number of aromatic nitrogens is 2. The highest BCUT2D eigenvalue weighted by Gasteiger charge is 2.29. The highest BCUT2D eigenvalue weighted by molar-refractivity contribution is 7.13. The average Bonchev–Trinajstić information content (AvgIpc) is 3.23. The Kier molecular flexibility index (Phi) is 5.78. The lowest BCUT2D eigenvalue weighted by atomic mass is 9.89. The van der Waals surface area contributed by atoms with E-state index in [9.17, 15) is 9.90 Å². The number of nitrogens with zero attached hydrogens (tertiary/aromatic N) is 3. The van der Waals surface area contributed by atoms with E-state index in [4.69, 9.17) is 0 Å². The Hall–Kier alpha value is -2.57. The number of likely N-dealkylation sites (tertiary alicyclic amines) is 1. The van der Waals surface area contributed by atoms with E-state index >= 15 is 0 Å². The molecule has 6 heteroatoms. The zero-order valence-corrected chi connectivity index (χ0v) is 16.4. The lowest BCUT2D eigenvalue weighted by Gasteiger charge is -2.34. The molecule has 1 fully saturated rings. The van der Waals surface area contributed by atoms with Gasteiger partial charge in [-0.1, -0.05) is 36.4 Å². The number of piperidine rings is 1. The summed E-state index contributed by atoms with van der Waals surface area (Å²) in [6, 6.07) is 15.6. The number of carbonyl (C=O) groups excluding carboxylic acids is 1. The number of rotatable bonds is 5. The van der Waals surface area contributed by atoms with Crippen molar-refractivity contribution in [3.05, 3.63) is 71.5 Å². The maximum atomic E-state index is 12.7. The molecule has 0 radical (unpaired) electrons. The second-order valence-corrected chi connectivity index (χ2v) is 7.96. The van der Waals surface area contributed by atoms with Crippen LogP contribution in [0.15, 0.2) is 60.1 Å². The first-order valence-electron chi connectivity index (χ1n) is 9.57. The van der Waals surface area contributed by atoms with Crippen molar-refractivity contribution in [2.75, 3.05) is 13.1 Å². The quantitative estimate of drug-likeness (QED) is 0.717. The summed E-state index contributed by atoms with van der Waals surface area (Å²) in [7, 11) is 0. The summed E-state index contributed by atoms with van der Waals surface area (Å²) < 4.78 is 0. The molecule has 2 aromatic heterocycles. The van der Waals surface area contributed by atoms with E-state index in [2.05, 4.69) is 9.97 Å². The molecule has 3 heterocycles. The van der Waals surface area contributed by atoms with Gasteiger partial charge in [0.1, 0.15) is 5.01 Å². The molecule has 0 bridgehead atoms. The molecule has 1 saturated heterocycles. The van der Waals surface area contributed by atoms with Gasteiger partial charge in [-0.05, 0) is 30.9 Å². The molecule has 0 aliphatic carbocycles. The predicted octanol–water partition coefficient (Wildman–Crippen LogP) is 3.72. The van der Waals surface area contributed by atoms with Gasteiger partial charge in [0.15, 0.2) is 0 Å². The fourth-order valence-electron chi connectivity index (χ4n) is 3.63. The summed E-state index contributed by atoms with van der Waals surface area (Å²) in [5, 5.41) is 13.5. The molecule has 1 N–H and O–H groups in total. The minimum Gasteiger partial charge on any atom is -0.387 e. The van der Waals surface area contributed by atoms with Crippen molar-refractivity contribution in [2.45, 2.75) is 25.4 Å². The zero-order chi connectivity index (χ0) is 19.3. The van der Waals surface area contributed by atoms with E-state index in [1.165, 1.54) is 0 Å². The van der Waals surface area contributed by atoms with Gasteiger partial charge in [-0.3, -0.25) is 9.78 Å². The Balaban J connectivity index is 1.32. The normalized spacial score (nSPS) is 16.1. The van der Waals surface area contributed by atoms with Crippen LogP contribution in [0.2, 0.25) is 0 Å². The minimum absolute atomic E-state index is 0.107. The molecular weight excluding hydrogens is 370 g/mol. The van der Waals surface area contributed by atoms with Crippen molar-refractivity contribution in [3.63, 3.8) is 0 Å². The molecule has 144 valence electrons. The summed E-state index contributed by atoms with van der Waals surface area (Å²) in [6.07, 6.45) is 3.04. The molecule has 0 spiro atoms. The number of carbonyl (C=O) groups is 1. The van der Waals surface area contributed by atoms with Crippen LogP contribution in [0, 0.1) is 5.92 Å². The Morgan fingerprint density at radius 3 is 2.61 bits per heavy atom. The van der Waals surface area contributed by atoms with E-state index in [0.717, 1.165) is 29.1 Å². The third kappa shape index (κ3) is 4.29. The van der Waals surface area contributed by atoms with Gasteiger partial charge in [-0.15, -0.1) is 11.3 Å². The number of hydrogen-bond acceptors (Lipinski definition) is 5. The fourth-order valence-corrected chi connectivity index (χ4v) is 4.45. The van der Waals surface area contributed by atoms with E-state index in [-0.39, 0.29) is 11.8 Å². The van der Waals surface area contributed by atoms with Gasteiger partial charge in [0.05, 0.1) is 23.9 Å². The van der Waals surface area contributed by atoms with Gasteiger partial charge < -0.3 is 10.0 Å². The highest BCUT2D eigenvalue weighted by atomic mass is 32.1. The van der Waals surface area contributed by atoms with Crippen LogP contribution < -0.4 is 0 Å². The van der Waals surface area contributed by atoms with E-state index in [1.54, 1.807) is 17.5 Å². The van der Waals surface area contributed by atoms with Crippen molar-refractivity contribution in [3.8, 4) is 10.6 Å². The van der Waals surface area contributed by atoms with Crippen LogP contribution in [0.25, 0.3) is 10.6 Å². The SMILES string of the molecule is O=C(Cc1csc(-c2ccccc2)n1)N1CCC(C(O)c2ccccn2)CC1. The van der Waals surface area contributed by atoms with Crippen molar-refractivity contribution >= 4 is 17.2 Å². The molecule has 1 atom stereocenters. The summed E-state index contributed by atoms with van der Waals surface area (Å²) in [5.41, 5.74) is 2.61. The molecule has 28 heavy (non-hydrogen) atoms. The van der Waals surface area contributed by atoms with Crippen LogP contribution in [0.1, 0.15) is 30.3 Å². The van der Waals surface area contributed by atoms with Gasteiger partial charge >= 0.3 is 0 Å². The topological polar surface area (TPSA) is 66.3 Å². The summed E-state index contributed by atoms with van der Waals surface area (Å²) in [6.45, 7) is 1.34. The molecule has 1 unspecified atom stereocenters. The number of pyridine rings is 1. The highest BCUT2D eigenvalue weighted by Crippen LogP contribution is 2.30. The fraction of sp³-hybridized carbons (Fsp3) is 0.318. The number of amides is 1. The third-order valence-electron chi connectivity index (χ3n) is 5.23. The molecule has 1 amide bonds. The van der Waals surface area contributed by atoms with Gasteiger partial charge in [0, 0.05) is 30.2 Å². The molecule has 1 aliphatic heterocycles. The third-order valence-corrected chi connectivity index (χ3v) is 6.17. The summed E-state index contributed by atoms with van der Waals surface area (Å²) in [4.78, 5) is 23.4. The molecule has 1 aliphatic rings. The second-order valence-electron chi connectivity index (χ2n) is 7.10. The number of benzene rings is 1. The minimum atomic E-state index is -0.564. The molecule has 4 rings (SSSR count). The predicted molar refractivity (Wildman–Crippen MR) is 110 cm³/mol. The standard InChI is InChI=1S/C22H23N3O2S/c26-20(14-18-15-28-22(24-18)17-6-2-1-3-7-17)25-12-9-16(10-13-25)21(27)19-8-4-5-11-23-19/h1-8,11,15-16,21,27H,9-10,12-14H2. The van der Waals surface area contributed by atoms with Crippen LogP contribution >= 0.6 is 11.3 Å². The van der Waals surface area contributed by atoms with Gasteiger partial charge in [-0.2, -0.15) is 0 Å². The largest absolute Gasteiger partial charge is 0.387 e. The van der Waals surface area contributed by atoms with Crippen LogP contribution in [0.4, 0.5) is 0 Å². The first kappa shape index (κ1) is 18.8. The van der Waals surface area contributed by atoms with E-state index < -0.39 is 6.10 Å². The number of aliphatic hydroxyl groups is 1. The van der Waals surface area contributed by atoms with Gasteiger partial charge in [0.2, 0.25) is 5.91 Å². The second kappa shape index (κ2) is 8.63. The Bertz CT molecular complexity index is 906. The zero-order valence-electron chi connectivity index (χ0n) is 15.6. The number of aliphatic hydroxyl groups excluding tert-OH is 1. The van der Waals surface area contributed by atoms with Crippen molar-refractivity contribution in [1.29, 1.82) is 0 Å². The maximum absolute atomic E-state index is 12.7. The Morgan fingerprint density at radius 2 is 1.89 bits per heavy atom.